The van der Waals surface area contributed by atoms with Crippen LogP contribution in [0.4, 0.5) is 30.8 Å². The Morgan fingerprint density at radius 1 is 1.04 bits per heavy atom. The largest absolute Gasteiger partial charge is 0.453 e. The van der Waals surface area contributed by atoms with Gasteiger partial charge < -0.3 is 20.7 Å². The van der Waals surface area contributed by atoms with Gasteiger partial charge in [-0.3, -0.25) is 10.1 Å². The third kappa shape index (κ3) is 6.32. The van der Waals surface area contributed by atoms with E-state index in [0.29, 0.717) is 35.3 Å². The smallest absolute Gasteiger partial charge is 0.411 e. The summed E-state index contributed by atoms with van der Waals surface area (Å²) in [4.78, 5) is 32.1. The number of nitrogens with one attached hydrogen (secondary N) is 2. The van der Waals surface area contributed by atoms with E-state index >= 15 is 4.39 Å². The van der Waals surface area contributed by atoms with E-state index in [9.17, 15) is 22.4 Å². The van der Waals surface area contributed by atoms with E-state index < -0.39 is 50.8 Å². The normalized spacial score (nSPS) is 15.6. The fourth-order valence-electron chi connectivity index (χ4n) is 5.72. The Labute approximate surface area is 265 Å². The first-order valence-electron chi connectivity index (χ1n) is 14.7. The topological polar surface area (TPSA) is 144 Å². The molecule has 2 heterocycles. The molecule has 10 nitrogen and oxygen atoms in total. The lowest BCUT2D eigenvalue weighted by Gasteiger charge is -2.32. The molecule has 13 heteroatoms. The minimum absolute atomic E-state index is 0.0247. The first kappa shape index (κ1) is 32.6. The van der Waals surface area contributed by atoms with E-state index in [1.807, 2.05) is 0 Å². The number of fused-ring (bicyclic) bond motifs is 1. The van der Waals surface area contributed by atoms with Gasteiger partial charge in [0, 0.05) is 41.1 Å². The highest BCUT2D eigenvalue weighted by Gasteiger charge is 2.39. The quantitative estimate of drug-likeness (QED) is 0.202. The van der Waals surface area contributed by atoms with Crippen LogP contribution < -0.4 is 16.4 Å². The number of anilines is 3. The molecule has 1 aliphatic heterocycles. The maximum Gasteiger partial charge on any atom is 0.411 e. The van der Waals surface area contributed by atoms with E-state index in [0.717, 1.165) is 11.5 Å². The van der Waals surface area contributed by atoms with E-state index in [1.165, 1.54) is 43.2 Å². The van der Waals surface area contributed by atoms with Crippen molar-refractivity contribution in [2.45, 2.75) is 55.8 Å². The third-order valence-corrected chi connectivity index (χ3v) is 10.4. The van der Waals surface area contributed by atoms with Gasteiger partial charge in [-0.05, 0) is 98.7 Å². The second-order valence-electron chi connectivity index (χ2n) is 11.5. The van der Waals surface area contributed by atoms with Gasteiger partial charge in [0.1, 0.15) is 23.5 Å². The van der Waals surface area contributed by atoms with Crippen molar-refractivity contribution in [3.05, 3.63) is 89.1 Å². The summed E-state index contributed by atoms with van der Waals surface area (Å²) >= 11 is 0. The highest BCUT2D eigenvalue weighted by molar-refractivity contribution is 7.92. The van der Waals surface area contributed by atoms with Gasteiger partial charge in [0.2, 0.25) is 5.91 Å². The predicted octanol–water partition coefficient (Wildman–Crippen LogP) is 6.28. The lowest BCUT2D eigenvalue weighted by atomic mass is 9.99. The van der Waals surface area contributed by atoms with Crippen LogP contribution in [0.5, 0.6) is 0 Å². The summed E-state index contributed by atoms with van der Waals surface area (Å²) in [6.07, 6.45) is 1.75. The van der Waals surface area contributed by atoms with Gasteiger partial charge in [0.25, 0.3) is 0 Å². The Morgan fingerprint density at radius 2 is 1.78 bits per heavy atom. The number of hydrogen-bond donors (Lipinski definition) is 3. The van der Waals surface area contributed by atoms with Crippen LogP contribution in [0.1, 0.15) is 55.5 Å². The van der Waals surface area contributed by atoms with Crippen molar-refractivity contribution in [2.24, 2.45) is 0 Å². The van der Waals surface area contributed by atoms with Crippen LogP contribution in [-0.4, -0.2) is 49.2 Å². The summed E-state index contributed by atoms with van der Waals surface area (Å²) in [6.45, 7) is 4.85. The fourth-order valence-corrected chi connectivity index (χ4v) is 7.01. The molecule has 2 amide bonds. The summed E-state index contributed by atoms with van der Waals surface area (Å²) in [5, 5.41) is 6.36. The van der Waals surface area contributed by atoms with Crippen molar-refractivity contribution < 1.29 is 31.5 Å². The molecule has 4 N–H and O–H groups in total. The average Bonchev–Trinajstić information content (AvgIpc) is 3.51. The van der Waals surface area contributed by atoms with Crippen LogP contribution in [0.25, 0.3) is 10.8 Å². The van der Waals surface area contributed by atoms with E-state index in [2.05, 4.69) is 15.6 Å². The third-order valence-electron chi connectivity index (χ3n) is 8.21. The van der Waals surface area contributed by atoms with Crippen LogP contribution in [0.3, 0.4) is 0 Å². The number of nitrogen functional groups attached to an aromatic ring is 1. The second kappa shape index (κ2) is 12.9. The number of aromatic nitrogens is 1. The standard InChI is InChI=1S/C33H35F2N5O5S/c1-18(2)46(43,44)29-10-8-22(39-33(42)45-4)16-25(29)28-6-5-13-40(28)32(41)30(24-14-19(3)26(34)17-27(24)35)38-21-7-9-23-20(15-21)11-12-37-31(23)36/h7-12,14-18,28,30,38H,5-6,13H2,1-4H3,(H2,36,37)(H,39,42)/t28-,30+/m1/s1. The number of ether oxygens (including phenoxy) is 1. The lowest BCUT2D eigenvalue weighted by Crippen LogP contribution is -2.38. The molecule has 242 valence electrons. The van der Waals surface area contributed by atoms with Crippen LogP contribution in [-0.2, 0) is 19.4 Å². The van der Waals surface area contributed by atoms with Crippen LogP contribution >= 0.6 is 0 Å². The number of rotatable bonds is 8. The molecule has 0 spiro atoms. The van der Waals surface area contributed by atoms with Crippen molar-refractivity contribution in [2.75, 3.05) is 30.0 Å². The SMILES string of the molecule is COC(=O)Nc1ccc(S(=O)(=O)C(C)C)c([C@H]2CCCN2C(=O)[C@@H](Nc2ccc3c(N)nccc3c2)c2cc(C)c(F)cc2F)c1. The molecular formula is C33H35F2N5O5S. The number of amides is 2. The van der Waals surface area contributed by atoms with Gasteiger partial charge in [0.05, 0.1) is 23.3 Å². The molecule has 0 bridgehead atoms. The maximum absolute atomic E-state index is 15.5. The molecule has 1 aliphatic rings. The molecule has 46 heavy (non-hydrogen) atoms. The van der Waals surface area contributed by atoms with Crippen molar-refractivity contribution in [3.63, 3.8) is 0 Å². The number of aryl methyl sites for hydroxylation is 1. The number of nitrogens with two attached hydrogens (primary N) is 1. The Bertz CT molecular complexity index is 1940. The van der Waals surface area contributed by atoms with Crippen molar-refractivity contribution in [3.8, 4) is 0 Å². The minimum atomic E-state index is -3.82. The highest BCUT2D eigenvalue weighted by atomic mass is 32.2. The van der Waals surface area contributed by atoms with Crippen LogP contribution in [0, 0.1) is 18.6 Å². The van der Waals surface area contributed by atoms with E-state index in [1.54, 1.807) is 44.3 Å². The molecule has 0 aliphatic carbocycles. The van der Waals surface area contributed by atoms with Gasteiger partial charge in [-0.15, -0.1) is 0 Å². The van der Waals surface area contributed by atoms with Crippen LogP contribution in [0.2, 0.25) is 0 Å². The van der Waals surface area contributed by atoms with Gasteiger partial charge >= 0.3 is 6.09 Å². The number of carbonyl (C=O) groups excluding carboxylic acids is 2. The van der Waals surface area contributed by atoms with E-state index in [-0.39, 0.29) is 28.3 Å². The zero-order valence-corrected chi connectivity index (χ0v) is 26.6. The Kier molecular flexibility index (Phi) is 9.15. The maximum atomic E-state index is 15.5. The number of likely N-dealkylation sites (tertiary alicyclic amines) is 1. The molecule has 0 saturated carbocycles. The molecule has 3 aromatic carbocycles. The van der Waals surface area contributed by atoms with Crippen molar-refractivity contribution >= 4 is 49.8 Å². The minimum Gasteiger partial charge on any atom is -0.453 e. The molecule has 1 aromatic heterocycles. The zero-order chi connectivity index (χ0) is 33.3. The van der Waals surface area contributed by atoms with Gasteiger partial charge in [-0.1, -0.05) is 0 Å². The summed E-state index contributed by atoms with van der Waals surface area (Å²) in [5.74, 6) is -1.88. The summed E-state index contributed by atoms with van der Waals surface area (Å²) in [6, 6.07) is 11.3. The molecule has 2 atom stereocenters. The molecule has 1 saturated heterocycles. The number of pyridine rings is 1. The first-order chi connectivity index (χ1) is 21.8. The Morgan fingerprint density at radius 3 is 2.50 bits per heavy atom. The Balaban J connectivity index is 1.61. The molecule has 0 unspecified atom stereocenters. The number of sulfone groups is 1. The summed E-state index contributed by atoms with van der Waals surface area (Å²) in [5.41, 5.74) is 7.16. The second-order valence-corrected chi connectivity index (χ2v) is 14.0. The van der Waals surface area contributed by atoms with E-state index in [4.69, 9.17) is 10.5 Å². The molecular weight excluding hydrogens is 616 g/mol. The number of halogens is 2. The summed E-state index contributed by atoms with van der Waals surface area (Å²) in [7, 11) is -2.62. The van der Waals surface area contributed by atoms with Gasteiger partial charge in [0.15, 0.2) is 9.84 Å². The zero-order valence-electron chi connectivity index (χ0n) is 25.8. The van der Waals surface area contributed by atoms with Crippen molar-refractivity contribution in [1.82, 2.24) is 9.88 Å². The molecule has 0 radical (unpaired) electrons. The van der Waals surface area contributed by atoms with Gasteiger partial charge in [-0.25, -0.2) is 27.0 Å². The lowest BCUT2D eigenvalue weighted by molar-refractivity contribution is -0.133. The molecule has 5 rings (SSSR count). The number of carbonyl (C=O) groups is 2. The fraction of sp³-hybridized carbons (Fsp3) is 0.303. The van der Waals surface area contributed by atoms with Crippen LogP contribution in [0.15, 0.2) is 65.7 Å². The average molecular weight is 652 g/mol. The first-order valence-corrected chi connectivity index (χ1v) is 16.3. The predicted molar refractivity (Wildman–Crippen MR) is 172 cm³/mol. The van der Waals surface area contributed by atoms with Crippen molar-refractivity contribution in [1.29, 1.82) is 0 Å². The number of hydrogen-bond acceptors (Lipinski definition) is 8. The molecule has 4 aromatic rings. The number of methoxy groups -OCH3 is 1. The monoisotopic (exact) mass is 651 g/mol. The number of benzene rings is 3. The summed E-state index contributed by atoms with van der Waals surface area (Å²) < 4.78 is 61.5. The number of nitrogens with zero attached hydrogens (tertiary/aromatic N) is 2. The Hall–Kier alpha value is -4.78. The molecule has 1 fully saturated rings. The van der Waals surface area contributed by atoms with Gasteiger partial charge in [-0.2, -0.15) is 0 Å². The highest BCUT2D eigenvalue weighted by Crippen LogP contribution is 2.40.